The number of oxazole rings is 1. The highest BCUT2D eigenvalue weighted by atomic mass is 16.5. The minimum absolute atomic E-state index is 0.209. The van der Waals surface area contributed by atoms with Crippen molar-refractivity contribution in [3.05, 3.63) is 17.8 Å². The molecule has 90 valence electrons. The van der Waals surface area contributed by atoms with Gasteiger partial charge in [-0.2, -0.15) is 0 Å². The summed E-state index contributed by atoms with van der Waals surface area (Å²) in [6, 6.07) is 0. The maximum Gasteiger partial charge on any atom is 0.208 e. The van der Waals surface area contributed by atoms with E-state index in [1.54, 1.807) is 0 Å². The van der Waals surface area contributed by atoms with Crippen LogP contribution in [0.3, 0.4) is 0 Å². The van der Waals surface area contributed by atoms with Gasteiger partial charge in [-0.15, -0.1) is 0 Å². The van der Waals surface area contributed by atoms with Crippen LogP contribution in [0.4, 0.5) is 0 Å². The molecule has 1 aliphatic heterocycles. The van der Waals surface area contributed by atoms with Gasteiger partial charge in [0.15, 0.2) is 0 Å². The van der Waals surface area contributed by atoms with Crippen molar-refractivity contribution in [2.75, 3.05) is 7.05 Å². The van der Waals surface area contributed by atoms with E-state index in [9.17, 15) is 0 Å². The molecule has 4 heteroatoms. The average Bonchev–Trinajstić information content (AvgIpc) is 2.75. The van der Waals surface area contributed by atoms with E-state index in [2.05, 4.69) is 31.1 Å². The van der Waals surface area contributed by atoms with Crippen molar-refractivity contribution in [1.29, 1.82) is 0 Å². The second-order valence-corrected chi connectivity index (χ2v) is 4.62. The number of nitrogens with zero attached hydrogens (tertiary/aromatic N) is 1. The lowest BCUT2D eigenvalue weighted by molar-refractivity contribution is 0.0547. The minimum Gasteiger partial charge on any atom is -0.444 e. The van der Waals surface area contributed by atoms with E-state index in [1.165, 1.54) is 0 Å². The van der Waals surface area contributed by atoms with Gasteiger partial charge < -0.3 is 14.5 Å². The molecule has 16 heavy (non-hydrogen) atoms. The molecule has 1 aliphatic rings. The Balaban J connectivity index is 2.16. The van der Waals surface area contributed by atoms with Gasteiger partial charge in [0.2, 0.25) is 5.89 Å². The molecule has 4 unspecified atom stereocenters. The van der Waals surface area contributed by atoms with Crippen LogP contribution in [0.15, 0.2) is 10.6 Å². The van der Waals surface area contributed by atoms with Crippen LogP contribution in [-0.2, 0) is 11.3 Å². The second-order valence-electron chi connectivity index (χ2n) is 4.62. The van der Waals surface area contributed by atoms with Crippen LogP contribution in [0.2, 0.25) is 0 Å². The van der Waals surface area contributed by atoms with Gasteiger partial charge in [0.1, 0.15) is 5.76 Å². The van der Waals surface area contributed by atoms with Gasteiger partial charge in [-0.25, -0.2) is 4.98 Å². The van der Waals surface area contributed by atoms with Gasteiger partial charge in [-0.05, 0) is 26.8 Å². The van der Waals surface area contributed by atoms with E-state index in [-0.39, 0.29) is 12.2 Å². The van der Waals surface area contributed by atoms with Crippen LogP contribution in [0.1, 0.15) is 38.3 Å². The summed E-state index contributed by atoms with van der Waals surface area (Å²) in [5.41, 5.74) is 0. The van der Waals surface area contributed by atoms with Crippen molar-refractivity contribution in [2.24, 2.45) is 5.92 Å². The SMILES string of the molecule is CNCc1ncc(C2C(C)OC(C)C2C)o1. The van der Waals surface area contributed by atoms with Crippen LogP contribution in [-0.4, -0.2) is 24.2 Å². The van der Waals surface area contributed by atoms with Crippen molar-refractivity contribution < 1.29 is 9.15 Å². The van der Waals surface area contributed by atoms with Crippen molar-refractivity contribution in [2.45, 2.75) is 45.4 Å². The molecular weight excluding hydrogens is 204 g/mol. The molecule has 0 bridgehead atoms. The first kappa shape index (κ1) is 11.6. The molecule has 1 saturated heterocycles. The van der Waals surface area contributed by atoms with Crippen LogP contribution < -0.4 is 5.32 Å². The predicted molar refractivity (Wildman–Crippen MR) is 61.2 cm³/mol. The van der Waals surface area contributed by atoms with Crippen LogP contribution >= 0.6 is 0 Å². The molecule has 0 saturated carbocycles. The summed E-state index contributed by atoms with van der Waals surface area (Å²) in [4.78, 5) is 4.26. The lowest BCUT2D eigenvalue weighted by atomic mass is 9.88. The van der Waals surface area contributed by atoms with E-state index in [4.69, 9.17) is 9.15 Å². The average molecular weight is 224 g/mol. The van der Waals surface area contributed by atoms with Gasteiger partial charge in [-0.1, -0.05) is 6.92 Å². The zero-order valence-electron chi connectivity index (χ0n) is 10.4. The van der Waals surface area contributed by atoms with Crippen LogP contribution in [0, 0.1) is 5.92 Å². The zero-order chi connectivity index (χ0) is 11.7. The van der Waals surface area contributed by atoms with Crippen LogP contribution in [0.5, 0.6) is 0 Å². The predicted octanol–water partition coefficient (Wildman–Crippen LogP) is 1.92. The summed E-state index contributed by atoms with van der Waals surface area (Å²) >= 11 is 0. The van der Waals surface area contributed by atoms with Gasteiger partial charge >= 0.3 is 0 Å². The van der Waals surface area contributed by atoms with E-state index in [0.717, 1.165) is 11.7 Å². The van der Waals surface area contributed by atoms with Crippen molar-refractivity contribution >= 4 is 0 Å². The van der Waals surface area contributed by atoms with Crippen molar-refractivity contribution in [3.63, 3.8) is 0 Å². The Kier molecular flexibility index (Phi) is 3.30. The highest BCUT2D eigenvalue weighted by Gasteiger charge is 2.39. The Morgan fingerprint density at radius 3 is 2.62 bits per heavy atom. The third kappa shape index (κ3) is 1.99. The smallest absolute Gasteiger partial charge is 0.208 e. The number of hydrogen-bond donors (Lipinski definition) is 1. The summed E-state index contributed by atoms with van der Waals surface area (Å²) < 4.78 is 11.5. The normalized spacial score (nSPS) is 34.5. The molecule has 1 fully saturated rings. The maximum atomic E-state index is 5.81. The quantitative estimate of drug-likeness (QED) is 0.852. The largest absolute Gasteiger partial charge is 0.444 e. The van der Waals surface area contributed by atoms with E-state index < -0.39 is 0 Å². The Morgan fingerprint density at radius 2 is 2.06 bits per heavy atom. The second kappa shape index (κ2) is 4.55. The van der Waals surface area contributed by atoms with Gasteiger partial charge in [-0.3, -0.25) is 0 Å². The van der Waals surface area contributed by atoms with E-state index in [1.807, 2.05) is 13.2 Å². The molecule has 0 amide bonds. The molecule has 1 aromatic rings. The molecule has 4 nitrogen and oxygen atoms in total. The number of ether oxygens (including phenoxy) is 1. The molecule has 4 atom stereocenters. The maximum absolute atomic E-state index is 5.81. The highest BCUT2D eigenvalue weighted by molar-refractivity contribution is 5.09. The first-order valence-corrected chi connectivity index (χ1v) is 5.88. The summed E-state index contributed by atoms with van der Waals surface area (Å²) in [5.74, 6) is 2.50. The number of rotatable bonds is 3. The fourth-order valence-electron chi connectivity index (χ4n) is 2.47. The molecule has 1 aromatic heterocycles. The molecule has 0 radical (unpaired) electrons. The van der Waals surface area contributed by atoms with Crippen molar-refractivity contribution in [3.8, 4) is 0 Å². The first-order valence-electron chi connectivity index (χ1n) is 5.88. The third-order valence-electron chi connectivity index (χ3n) is 3.47. The number of hydrogen-bond acceptors (Lipinski definition) is 4. The number of nitrogens with one attached hydrogen (secondary N) is 1. The Hall–Kier alpha value is -0.870. The molecule has 1 N–H and O–H groups in total. The Morgan fingerprint density at radius 1 is 1.31 bits per heavy atom. The standard InChI is InChI=1S/C12H20N2O2/c1-7-8(2)15-9(3)12(7)10-5-14-11(16-10)6-13-4/h5,7-9,12-13H,6H2,1-4H3. The fraction of sp³-hybridized carbons (Fsp3) is 0.750. The van der Waals surface area contributed by atoms with Gasteiger partial charge in [0, 0.05) is 5.92 Å². The molecular formula is C12H20N2O2. The van der Waals surface area contributed by atoms with Crippen molar-refractivity contribution in [1.82, 2.24) is 10.3 Å². The number of aromatic nitrogens is 1. The molecule has 2 rings (SSSR count). The highest BCUT2D eigenvalue weighted by Crippen LogP contribution is 2.39. The first-order chi connectivity index (χ1) is 7.63. The molecule has 0 aromatic carbocycles. The van der Waals surface area contributed by atoms with Crippen LogP contribution in [0.25, 0.3) is 0 Å². The van der Waals surface area contributed by atoms with Gasteiger partial charge in [0.05, 0.1) is 24.9 Å². The van der Waals surface area contributed by atoms with Gasteiger partial charge in [0.25, 0.3) is 0 Å². The third-order valence-corrected chi connectivity index (χ3v) is 3.47. The molecule has 2 heterocycles. The topological polar surface area (TPSA) is 47.3 Å². The summed E-state index contributed by atoms with van der Waals surface area (Å²) in [5, 5.41) is 3.03. The summed E-state index contributed by atoms with van der Waals surface area (Å²) in [6.45, 7) is 7.10. The fourth-order valence-corrected chi connectivity index (χ4v) is 2.47. The van der Waals surface area contributed by atoms with E-state index in [0.29, 0.717) is 18.4 Å². The lowest BCUT2D eigenvalue weighted by Crippen LogP contribution is -2.14. The Bertz CT molecular complexity index is 351. The van der Waals surface area contributed by atoms with E-state index >= 15 is 0 Å². The Labute approximate surface area is 96.4 Å². The molecule has 0 aliphatic carbocycles. The monoisotopic (exact) mass is 224 g/mol. The lowest BCUT2D eigenvalue weighted by Gasteiger charge is -2.14. The molecule has 0 spiro atoms. The summed E-state index contributed by atoms with van der Waals surface area (Å²) in [7, 11) is 1.88. The minimum atomic E-state index is 0.209. The summed E-state index contributed by atoms with van der Waals surface area (Å²) in [6.07, 6.45) is 2.34. The zero-order valence-corrected chi connectivity index (χ0v) is 10.4.